The number of carbonyl (C=O) groups is 3. The lowest BCUT2D eigenvalue weighted by Crippen LogP contribution is -2.36. The fourth-order valence-corrected chi connectivity index (χ4v) is 4.28. The predicted molar refractivity (Wildman–Crippen MR) is 132 cm³/mol. The fourth-order valence-electron chi connectivity index (χ4n) is 4.28. The van der Waals surface area contributed by atoms with E-state index < -0.39 is 18.0 Å². The van der Waals surface area contributed by atoms with Gasteiger partial charge >= 0.3 is 6.09 Å². The van der Waals surface area contributed by atoms with Crippen molar-refractivity contribution in [2.45, 2.75) is 32.8 Å². The van der Waals surface area contributed by atoms with Crippen LogP contribution in [0, 0.1) is 11.7 Å². The SMILES string of the molecule is CC(=O)NC[C@H]1CN(c2ccc(-c3ccc(/C=C/C(=O)N4CCC(C)CC4)cc3)c(F)c2)C(=O)O1. The van der Waals surface area contributed by atoms with E-state index in [4.69, 9.17) is 4.74 Å². The molecule has 1 atom stereocenters. The fraction of sp³-hybridized carbons (Fsp3) is 0.370. The van der Waals surface area contributed by atoms with Gasteiger partial charge in [-0.15, -0.1) is 0 Å². The molecular weight excluding hydrogens is 449 g/mol. The predicted octanol–water partition coefficient (Wildman–Crippen LogP) is 4.23. The Kier molecular flexibility index (Phi) is 7.48. The third-order valence-corrected chi connectivity index (χ3v) is 6.45. The summed E-state index contributed by atoms with van der Waals surface area (Å²) in [5, 5.41) is 2.62. The summed E-state index contributed by atoms with van der Waals surface area (Å²) in [6, 6.07) is 11.9. The van der Waals surface area contributed by atoms with Gasteiger partial charge < -0.3 is 15.0 Å². The maximum Gasteiger partial charge on any atom is 0.414 e. The number of carbonyl (C=O) groups excluding carboxylic acids is 3. The van der Waals surface area contributed by atoms with Crippen molar-refractivity contribution in [1.82, 2.24) is 10.2 Å². The molecule has 2 aromatic carbocycles. The molecule has 35 heavy (non-hydrogen) atoms. The Morgan fingerprint density at radius 2 is 1.86 bits per heavy atom. The second-order valence-corrected chi connectivity index (χ2v) is 9.18. The van der Waals surface area contributed by atoms with Crippen LogP contribution in [0.1, 0.15) is 32.3 Å². The average molecular weight is 480 g/mol. The van der Waals surface area contributed by atoms with Gasteiger partial charge in [0.15, 0.2) is 0 Å². The molecule has 0 radical (unpaired) electrons. The minimum Gasteiger partial charge on any atom is -0.442 e. The maximum absolute atomic E-state index is 15.0. The number of nitrogens with one attached hydrogen (secondary N) is 1. The van der Waals surface area contributed by atoms with E-state index in [0.29, 0.717) is 22.7 Å². The van der Waals surface area contributed by atoms with E-state index in [0.717, 1.165) is 31.5 Å². The van der Waals surface area contributed by atoms with E-state index in [1.54, 1.807) is 36.4 Å². The van der Waals surface area contributed by atoms with Gasteiger partial charge in [0, 0.05) is 31.7 Å². The smallest absolute Gasteiger partial charge is 0.414 e. The molecule has 0 bridgehead atoms. The highest BCUT2D eigenvalue weighted by atomic mass is 19.1. The molecule has 2 fully saturated rings. The van der Waals surface area contributed by atoms with Crippen LogP contribution >= 0.6 is 0 Å². The van der Waals surface area contributed by atoms with Gasteiger partial charge in [-0.2, -0.15) is 0 Å². The van der Waals surface area contributed by atoms with Gasteiger partial charge in [0.25, 0.3) is 0 Å². The number of halogens is 1. The van der Waals surface area contributed by atoms with E-state index in [-0.39, 0.29) is 24.9 Å². The van der Waals surface area contributed by atoms with Gasteiger partial charge in [-0.25, -0.2) is 9.18 Å². The highest BCUT2D eigenvalue weighted by Gasteiger charge is 2.32. The Morgan fingerprint density at radius 3 is 2.51 bits per heavy atom. The first-order valence-corrected chi connectivity index (χ1v) is 11.9. The molecule has 2 saturated heterocycles. The van der Waals surface area contributed by atoms with E-state index in [1.165, 1.54) is 17.9 Å². The summed E-state index contributed by atoms with van der Waals surface area (Å²) >= 11 is 0. The van der Waals surface area contributed by atoms with Gasteiger partial charge in [-0.3, -0.25) is 14.5 Å². The molecule has 184 valence electrons. The largest absolute Gasteiger partial charge is 0.442 e. The molecule has 1 N–H and O–H groups in total. The number of anilines is 1. The number of amides is 3. The Morgan fingerprint density at radius 1 is 1.14 bits per heavy atom. The molecule has 0 saturated carbocycles. The molecule has 2 aliphatic rings. The van der Waals surface area contributed by atoms with Crippen molar-refractivity contribution in [3.8, 4) is 11.1 Å². The molecule has 2 aliphatic heterocycles. The quantitative estimate of drug-likeness (QED) is 0.629. The van der Waals surface area contributed by atoms with Gasteiger partial charge in [0.2, 0.25) is 11.8 Å². The Labute approximate surface area is 204 Å². The van der Waals surface area contributed by atoms with Gasteiger partial charge in [-0.05, 0) is 54.2 Å². The maximum atomic E-state index is 15.0. The molecule has 7 nitrogen and oxygen atoms in total. The van der Waals surface area contributed by atoms with E-state index in [1.807, 2.05) is 17.0 Å². The summed E-state index contributed by atoms with van der Waals surface area (Å²) in [5.41, 5.74) is 2.35. The van der Waals surface area contributed by atoms with Crippen LogP contribution in [0.5, 0.6) is 0 Å². The third-order valence-electron chi connectivity index (χ3n) is 6.45. The summed E-state index contributed by atoms with van der Waals surface area (Å²) in [7, 11) is 0. The topological polar surface area (TPSA) is 79.0 Å². The van der Waals surface area contributed by atoms with Crippen molar-refractivity contribution in [2.75, 3.05) is 31.1 Å². The lowest BCUT2D eigenvalue weighted by Gasteiger charge is -2.29. The number of nitrogens with zero attached hydrogens (tertiary/aromatic N) is 2. The highest BCUT2D eigenvalue weighted by Crippen LogP contribution is 2.29. The summed E-state index contributed by atoms with van der Waals surface area (Å²) in [6.45, 7) is 5.63. The Bertz CT molecular complexity index is 1120. The Balaban J connectivity index is 1.39. The molecule has 4 rings (SSSR count). The first-order chi connectivity index (χ1) is 16.8. The molecule has 2 aromatic rings. The second-order valence-electron chi connectivity index (χ2n) is 9.18. The normalized spacial score (nSPS) is 18.7. The van der Waals surface area contributed by atoms with Crippen molar-refractivity contribution < 1.29 is 23.5 Å². The standard InChI is InChI=1S/C27H30FN3O4/c1-18-11-13-30(14-12-18)26(33)10-5-20-3-6-21(7-4-20)24-9-8-22(15-25(24)28)31-17-23(35-27(31)34)16-29-19(2)32/h3-10,15,18,23H,11-14,16-17H2,1-2H3,(H,29,32)/b10-5+/t23-/m0/s1. The summed E-state index contributed by atoms with van der Waals surface area (Å²) in [4.78, 5) is 38.9. The molecule has 0 aliphatic carbocycles. The van der Waals surface area contributed by atoms with Crippen LogP contribution in [-0.2, 0) is 14.3 Å². The van der Waals surface area contributed by atoms with Gasteiger partial charge in [0.1, 0.15) is 11.9 Å². The van der Waals surface area contributed by atoms with Crippen molar-refractivity contribution in [3.63, 3.8) is 0 Å². The van der Waals surface area contributed by atoms with Crippen molar-refractivity contribution in [2.24, 2.45) is 5.92 Å². The molecule has 0 aromatic heterocycles. The zero-order chi connectivity index (χ0) is 24.9. The lowest BCUT2D eigenvalue weighted by molar-refractivity contribution is -0.127. The van der Waals surface area contributed by atoms with Crippen molar-refractivity contribution in [1.29, 1.82) is 0 Å². The first kappa shape index (κ1) is 24.4. The molecule has 0 spiro atoms. The number of likely N-dealkylation sites (tertiary alicyclic amines) is 1. The van der Waals surface area contributed by atoms with Gasteiger partial charge in [0.05, 0.1) is 18.8 Å². The van der Waals surface area contributed by atoms with Crippen LogP contribution < -0.4 is 10.2 Å². The van der Waals surface area contributed by atoms with Crippen LogP contribution in [0.15, 0.2) is 48.5 Å². The first-order valence-electron chi connectivity index (χ1n) is 11.9. The van der Waals surface area contributed by atoms with Crippen LogP contribution in [0.2, 0.25) is 0 Å². The van der Waals surface area contributed by atoms with Crippen LogP contribution in [-0.4, -0.2) is 55.1 Å². The van der Waals surface area contributed by atoms with Gasteiger partial charge in [-0.1, -0.05) is 31.2 Å². The number of ether oxygens (including phenoxy) is 1. The van der Waals surface area contributed by atoms with Crippen LogP contribution in [0.25, 0.3) is 17.2 Å². The third kappa shape index (κ3) is 6.07. The second kappa shape index (κ2) is 10.7. The monoisotopic (exact) mass is 479 g/mol. The number of hydrogen-bond acceptors (Lipinski definition) is 4. The zero-order valence-corrected chi connectivity index (χ0v) is 20.0. The number of hydrogen-bond donors (Lipinski definition) is 1. The lowest BCUT2D eigenvalue weighted by atomic mass is 9.99. The van der Waals surface area contributed by atoms with E-state index in [2.05, 4.69) is 12.2 Å². The molecule has 0 unspecified atom stereocenters. The summed E-state index contributed by atoms with van der Waals surface area (Å²) in [5.74, 6) is 0.0154. The summed E-state index contributed by atoms with van der Waals surface area (Å²) < 4.78 is 20.2. The summed E-state index contributed by atoms with van der Waals surface area (Å²) in [6.07, 6.45) is 4.39. The molecule has 3 amide bonds. The number of cyclic esters (lactones) is 1. The Hall–Kier alpha value is -3.68. The van der Waals surface area contributed by atoms with E-state index >= 15 is 0 Å². The minimum absolute atomic E-state index is 0.0161. The van der Waals surface area contributed by atoms with E-state index in [9.17, 15) is 18.8 Å². The highest BCUT2D eigenvalue weighted by molar-refractivity contribution is 5.92. The number of rotatable bonds is 6. The molecular formula is C27H30FN3O4. The molecule has 2 heterocycles. The van der Waals surface area contributed by atoms with Crippen molar-refractivity contribution in [3.05, 3.63) is 59.9 Å². The zero-order valence-electron chi connectivity index (χ0n) is 20.0. The molecule has 8 heteroatoms. The minimum atomic E-state index is -0.572. The van der Waals surface area contributed by atoms with Crippen molar-refractivity contribution >= 4 is 29.7 Å². The average Bonchev–Trinajstić information content (AvgIpc) is 3.22. The van der Waals surface area contributed by atoms with Crippen LogP contribution in [0.4, 0.5) is 14.9 Å². The number of benzene rings is 2. The number of piperidine rings is 1. The van der Waals surface area contributed by atoms with Crippen LogP contribution in [0.3, 0.4) is 0 Å².